The number of rotatable bonds is 4. The molecule has 0 saturated carbocycles. The maximum atomic E-state index is 12.7. The van der Waals surface area contributed by atoms with Crippen LogP contribution in [0.4, 0.5) is 5.82 Å². The van der Waals surface area contributed by atoms with Gasteiger partial charge in [-0.05, 0) is 24.1 Å². The zero-order chi connectivity index (χ0) is 18.1. The van der Waals surface area contributed by atoms with Crippen molar-refractivity contribution in [1.29, 1.82) is 0 Å². The highest BCUT2D eigenvalue weighted by molar-refractivity contribution is 7.99. The van der Waals surface area contributed by atoms with E-state index >= 15 is 0 Å². The van der Waals surface area contributed by atoms with Crippen LogP contribution in [-0.4, -0.2) is 21.2 Å². The number of nitrogens with zero attached hydrogens (tertiary/aromatic N) is 2. The van der Waals surface area contributed by atoms with Crippen LogP contribution >= 0.6 is 35.0 Å². The van der Waals surface area contributed by atoms with Gasteiger partial charge in [-0.3, -0.25) is 9.59 Å². The summed E-state index contributed by atoms with van der Waals surface area (Å²) in [4.78, 5) is 29.2. The molecule has 8 heteroatoms. The molecule has 1 aromatic heterocycles. The van der Waals surface area contributed by atoms with Gasteiger partial charge in [0.05, 0.1) is 5.56 Å². The third kappa shape index (κ3) is 3.57. The van der Waals surface area contributed by atoms with Crippen molar-refractivity contribution in [3.63, 3.8) is 0 Å². The number of hydrogen-bond acceptors (Lipinski definition) is 4. The van der Waals surface area contributed by atoms with E-state index in [-0.39, 0.29) is 17.9 Å². The number of halogens is 2. The van der Waals surface area contributed by atoms with E-state index < -0.39 is 5.92 Å². The molecule has 0 bridgehead atoms. The average molecular weight is 398 g/mol. The number of fused-ring (bicyclic) bond motifs is 1. The van der Waals surface area contributed by atoms with Gasteiger partial charge in [-0.1, -0.05) is 48.0 Å². The van der Waals surface area contributed by atoms with E-state index in [1.54, 1.807) is 29.8 Å². The number of hydrogen-bond donors (Lipinski definition) is 1. The number of benzene rings is 1. The molecular formula is C17H17Cl2N3O2S. The predicted octanol–water partition coefficient (Wildman–Crippen LogP) is 4.06. The smallest absolute Gasteiger partial charge is 0.279 e. The van der Waals surface area contributed by atoms with Gasteiger partial charge >= 0.3 is 0 Å². The summed E-state index contributed by atoms with van der Waals surface area (Å²) in [6, 6.07) is 5.09. The summed E-state index contributed by atoms with van der Waals surface area (Å²) >= 11 is 13.8. The lowest BCUT2D eigenvalue weighted by Gasteiger charge is -2.28. The summed E-state index contributed by atoms with van der Waals surface area (Å²) in [6.07, 6.45) is 1.11. The summed E-state index contributed by atoms with van der Waals surface area (Å²) in [5.41, 5.74) is 0.838. The van der Waals surface area contributed by atoms with Crippen molar-refractivity contribution in [2.75, 3.05) is 11.1 Å². The van der Waals surface area contributed by atoms with E-state index in [2.05, 4.69) is 17.2 Å². The Morgan fingerprint density at radius 3 is 2.80 bits per heavy atom. The Morgan fingerprint density at radius 2 is 2.12 bits per heavy atom. The molecule has 1 N–H and O–H groups in total. The second-order valence-electron chi connectivity index (χ2n) is 5.84. The molecule has 3 rings (SSSR count). The van der Waals surface area contributed by atoms with Crippen LogP contribution in [0.15, 0.2) is 28.2 Å². The fourth-order valence-corrected chi connectivity index (χ4v) is 4.27. The highest BCUT2D eigenvalue weighted by atomic mass is 35.5. The van der Waals surface area contributed by atoms with Crippen LogP contribution in [0.3, 0.4) is 0 Å². The van der Waals surface area contributed by atoms with Crippen LogP contribution < -0.4 is 10.9 Å². The Balaban J connectivity index is 2.16. The number of carbonyl (C=O) groups excluding carboxylic acids is 1. The van der Waals surface area contributed by atoms with Gasteiger partial charge in [-0.25, -0.2) is 0 Å². The first-order chi connectivity index (χ1) is 11.9. The largest absolute Gasteiger partial charge is 0.312 e. The van der Waals surface area contributed by atoms with Gasteiger partial charge in [0.2, 0.25) is 5.91 Å². The average Bonchev–Trinajstić information content (AvgIpc) is 2.56. The van der Waals surface area contributed by atoms with Gasteiger partial charge in [0.1, 0.15) is 5.82 Å². The van der Waals surface area contributed by atoms with Gasteiger partial charge in [0, 0.05) is 35.2 Å². The molecular weight excluding hydrogens is 381 g/mol. The van der Waals surface area contributed by atoms with E-state index in [1.807, 2.05) is 0 Å². The summed E-state index contributed by atoms with van der Waals surface area (Å²) in [7, 11) is 1.80. The van der Waals surface area contributed by atoms with E-state index in [0.717, 1.165) is 12.2 Å². The molecule has 0 fully saturated rings. The maximum Gasteiger partial charge on any atom is 0.279 e. The summed E-state index contributed by atoms with van der Waals surface area (Å²) < 4.78 is 1.77. The van der Waals surface area contributed by atoms with Crippen molar-refractivity contribution in [2.24, 2.45) is 7.05 Å². The normalized spacial score (nSPS) is 16.5. The Hall–Kier alpha value is -1.50. The van der Waals surface area contributed by atoms with Gasteiger partial charge in [-0.15, -0.1) is 0 Å². The molecule has 132 valence electrons. The minimum absolute atomic E-state index is 0.146. The van der Waals surface area contributed by atoms with Crippen LogP contribution in [0.2, 0.25) is 10.0 Å². The molecule has 1 atom stereocenters. The molecule has 5 nitrogen and oxygen atoms in total. The second kappa shape index (κ2) is 7.40. The first kappa shape index (κ1) is 18.3. The van der Waals surface area contributed by atoms with E-state index in [4.69, 9.17) is 23.2 Å². The molecule has 1 amide bonds. The minimum Gasteiger partial charge on any atom is -0.312 e. The highest BCUT2D eigenvalue weighted by Gasteiger charge is 2.33. The van der Waals surface area contributed by atoms with Crippen LogP contribution in [-0.2, 0) is 11.8 Å². The molecule has 1 aliphatic heterocycles. The molecule has 25 heavy (non-hydrogen) atoms. The summed E-state index contributed by atoms with van der Waals surface area (Å²) in [5.74, 6) is 0.742. The Morgan fingerprint density at radius 1 is 1.36 bits per heavy atom. The second-order valence-corrected chi connectivity index (χ2v) is 7.75. The lowest BCUT2D eigenvalue weighted by Crippen LogP contribution is -2.33. The molecule has 0 aliphatic carbocycles. The number of nitrogens with one attached hydrogen (secondary N) is 1. The van der Waals surface area contributed by atoms with Gasteiger partial charge < -0.3 is 9.88 Å². The van der Waals surface area contributed by atoms with Crippen molar-refractivity contribution >= 4 is 46.7 Å². The SMILES string of the molecule is CCCSc1nc(=O)c2c(n1C)NC(=O)CC2c1ccc(Cl)cc1Cl. The van der Waals surface area contributed by atoms with Crippen molar-refractivity contribution in [2.45, 2.75) is 30.8 Å². The molecule has 1 aromatic carbocycles. The van der Waals surface area contributed by atoms with Crippen molar-refractivity contribution < 1.29 is 4.79 Å². The standard InChI is InChI=1S/C17H17Cl2N3O2S/c1-3-6-25-17-21-16(24)14-11(8-13(23)20-15(14)22(17)2)10-5-4-9(18)7-12(10)19/h4-5,7,11H,3,6,8H2,1-2H3,(H,20,23). The summed E-state index contributed by atoms with van der Waals surface area (Å²) in [5, 5.41) is 4.35. The van der Waals surface area contributed by atoms with Gasteiger partial charge in [-0.2, -0.15) is 4.98 Å². The van der Waals surface area contributed by atoms with Crippen molar-refractivity contribution in [3.05, 3.63) is 49.7 Å². The molecule has 0 saturated heterocycles. The lowest BCUT2D eigenvalue weighted by atomic mass is 9.86. The lowest BCUT2D eigenvalue weighted by molar-refractivity contribution is -0.116. The van der Waals surface area contributed by atoms with E-state index in [9.17, 15) is 9.59 Å². The number of amides is 1. The maximum absolute atomic E-state index is 12.7. The Kier molecular flexibility index (Phi) is 5.41. The Bertz CT molecular complexity index is 898. The topological polar surface area (TPSA) is 64.0 Å². The predicted molar refractivity (Wildman–Crippen MR) is 102 cm³/mol. The Labute approximate surface area is 159 Å². The third-order valence-corrected chi connectivity index (χ3v) is 5.87. The monoisotopic (exact) mass is 397 g/mol. The van der Waals surface area contributed by atoms with Crippen molar-refractivity contribution in [1.82, 2.24) is 9.55 Å². The van der Waals surface area contributed by atoms with Crippen LogP contribution in [0.5, 0.6) is 0 Å². The first-order valence-electron chi connectivity index (χ1n) is 7.90. The quantitative estimate of drug-likeness (QED) is 0.623. The molecule has 1 aliphatic rings. The fraction of sp³-hybridized carbons (Fsp3) is 0.353. The van der Waals surface area contributed by atoms with Crippen LogP contribution in [0.1, 0.15) is 36.8 Å². The number of aromatic nitrogens is 2. The molecule has 0 spiro atoms. The molecule has 2 aromatic rings. The van der Waals surface area contributed by atoms with Crippen LogP contribution in [0.25, 0.3) is 0 Å². The molecule has 2 heterocycles. The number of carbonyl (C=O) groups is 1. The number of thioether (sulfide) groups is 1. The van der Waals surface area contributed by atoms with Gasteiger partial charge in [0.25, 0.3) is 5.56 Å². The van der Waals surface area contributed by atoms with Crippen molar-refractivity contribution in [3.8, 4) is 0 Å². The zero-order valence-electron chi connectivity index (χ0n) is 13.8. The number of anilines is 1. The fourth-order valence-electron chi connectivity index (χ4n) is 2.91. The van der Waals surface area contributed by atoms with E-state index in [0.29, 0.717) is 32.1 Å². The summed E-state index contributed by atoms with van der Waals surface area (Å²) in [6.45, 7) is 2.06. The zero-order valence-corrected chi connectivity index (χ0v) is 16.1. The van der Waals surface area contributed by atoms with E-state index in [1.165, 1.54) is 11.8 Å². The highest BCUT2D eigenvalue weighted by Crippen LogP contribution is 2.39. The third-order valence-electron chi connectivity index (χ3n) is 4.07. The van der Waals surface area contributed by atoms with Gasteiger partial charge in [0.15, 0.2) is 5.16 Å². The first-order valence-corrected chi connectivity index (χ1v) is 9.65. The molecule has 0 radical (unpaired) electrons. The molecule has 1 unspecified atom stereocenters. The minimum atomic E-state index is -0.440. The van der Waals surface area contributed by atoms with Crippen LogP contribution in [0, 0.1) is 0 Å².